The zero-order valence-electron chi connectivity index (χ0n) is 17.7. The molecule has 0 bridgehead atoms. The Bertz CT molecular complexity index is 1160. The van der Waals surface area contributed by atoms with E-state index in [1.807, 2.05) is 18.0 Å². The van der Waals surface area contributed by atoms with Crippen LogP contribution in [0.4, 0.5) is 14.6 Å². The highest BCUT2D eigenvalue weighted by Gasteiger charge is 2.19. The maximum atomic E-state index is 13.3. The summed E-state index contributed by atoms with van der Waals surface area (Å²) in [7, 11) is 0. The molecule has 2 aromatic heterocycles. The lowest BCUT2D eigenvalue weighted by atomic mass is 9.97. The summed E-state index contributed by atoms with van der Waals surface area (Å²) in [6.45, 7) is 7.68. The zero-order chi connectivity index (χ0) is 22.1. The second-order valence-electron chi connectivity index (χ2n) is 7.67. The number of nitrogens with zero attached hydrogens (tertiary/aromatic N) is 4. The number of pyridine rings is 1. The molecule has 7 nitrogen and oxygen atoms in total. The molecule has 3 aromatic rings. The summed E-state index contributed by atoms with van der Waals surface area (Å²) < 4.78 is 33.6. The van der Waals surface area contributed by atoms with Crippen molar-refractivity contribution in [2.45, 2.75) is 33.2 Å². The quantitative estimate of drug-likeness (QED) is 0.670. The molecule has 1 aromatic carbocycles. The molecule has 1 aliphatic rings. The summed E-state index contributed by atoms with van der Waals surface area (Å²) in [5, 5.41) is 5.96. The number of aromatic nitrogens is 3. The lowest BCUT2D eigenvalue weighted by molar-refractivity contribution is 0.111. The van der Waals surface area contributed by atoms with E-state index < -0.39 is 6.43 Å². The minimum Gasteiger partial charge on any atom is -0.378 e. The van der Waals surface area contributed by atoms with E-state index in [9.17, 15) is 13.6 Å². The summed E-state index contributed by atoms with van der Waals surface area (Å²) in [5.41, 5.74) is 1.71. The monoisotopic (exact) mass is 429 g/mol. The second-order valence-corrected chi connectivity index (χ2v) is 7.67. The smallest absolute Gasteiger partial charge is 0.271 e. The predicted octanol–water partition coefficient (Wildman–Crippen LogP) is 3.49. The molecule has 1 N–H and O–H groups in total. The Morgan fingerprint density at radius 1 is 1.13 bits per heavy atom. The normalized spacial score (nSPS) is 15.5. The summed E-state index contributed by atoms with van der Waals surface area (Å²) in [5.74, 6) is 1.07. The van der Waals surface area contributed by atoms with Crippen molar-refractivity contribution in [3.8, 4) is 0 Å². The molecule has 31 heavy (non-hydrogen) atoms. The molecule has 4 rings (SSSR count). The first kappa shape index (κ1) is 21.2. The van der Waals surface area contributed by atoms with E-state index in [0.717, 1.165) is 5.56 Å². The molecule has 1 fully saturated rings. The van der Waals surface area contributed by atoms with Gasteiger partial charge < -0.3 is 15.1 Å². The van der Waals surface area contributed by atoms with Crippen LogP contribution in [0.15, 0.2) is 35.3 Å². The predicted molar refractivity (Wildman–Crippen MR) is 115 cm³/mol. The topological polar surface area (TPSA) is 72.3 Å². The fourth-order valence-corrected chi connectivity index (χ4v) is 3.97. The van der Waals surface area contributed by atoms with Crippen molar-refractivity contribution >= 4 is 16.7 Å². The van der Waals surface area contributed by atoms with Crippen molar-refractivity contribution < 1.29 is 13.5 Å². The molecule has 0 spiro atoms. The van der Waals surface area contributed by atoms with Gasteiger partial charge in [-0.3, -0.25) is 4.79 Å². The molecule has 0 unspecified atom stereocenters. The van der Waals surface area contributed by atoms with Gasteiger partial charge in [0.1, 0.15) is 11.6 Å². The van der Waals surface area contributed by atoms with E-state index in [1.165, 1.54) is 12.1 Å². The first-order valence-electron chi connectivity index (χ1n) is 10.2. The number of alkyl halides is 2. The van der Waals surface area contributed by atoms with Crippen LogP contribution in [-0.2, 0) is 4.74 Å². The molecule has 0 radical (unpaired) electrons. The molecule has 0 amide bonds. The number of benzene rings is 1. The van der Waals surface area contributed by atoms with Gasteiger partial charge in [0.15, 0.2) is 0 Å². The standard InChI is InChI=1S/C22H25F2N5O2/c1-13-16(5-4-6-17(13)21(23)24)14(2)25-22-18-12-29(28-7-9-31-10-8-28)20(30)11-19(18)26-15(3)27-22/h4-6,11-12,14,21H,7-10H2,1-3H3,(H,25,26,27)/t14-/m0/s1. The van der Waals surface area contributed by atoms with Crippen molar-refractivity contribution in [2.75, 3.05) is 36.6 Å². The van der Waals surface area contributed by atoms with E-state index in [0.29, 0.717) is 54.4 Å². The van der Waals surface area contributed by atoms with Crippen LogP contribution in [0, 0.1) is 13.8 Å². The van der Waals surface area contributed by atoms with Gasteiger partial charge in [-0.2, -0.15) is 0 Å². The van der Waals surface area contributed by atoms with Gasteiger partial charge in [-0.25, -0.2) is 23.4 Å². The number of hydrogen-bond acceptors (Lipinski definition) is 6. The third-order valence-electron chi connectivity index (χ3n) is 5.59. The van der Waals surface area contributed by atoms with Crippen molar-refractivity contribution in [3.63, 3.8) is 0 Å². The Balaban J connectivity index is 1.75. The van der Waals surface area contributed by atoms with Gasteiger partial charge in [-0.1, -0.05) is 18.2 Å². The fraction of sp³-hybridized carbons (Fsp3) is 0.409. The van der Waals surface area contributed by atoms with Crippen LogP contribution in [0.1, 0.15) is 41.9 Å². The Kier molecular flexibility index (Phi) is 5.86. The Labute approximate surface area is 178 Å². The average molecular weight is 429 g/mol. The van der Waals surface area contributed by atoms with Crippen molar-refractivity contribution in [2.24, 2.45) is 0 Å². The number of anilines is 1. The maximum Gasteiger partial charge on any atom is 0.271 e. The van der Waals surface area contributed by atoms with E-state index >= 15 is 0 Å². The Morgan fingerprint density at radius 3 is 2.55 bits per heavy atom. The zero-order valence-corrected chi connectivity index (χ0v) is 17.7. The lowest BCUT2D eigenvalue weighted by Crippen LogP contribution is -2.48. The molecular formula is C22H25F2N5O2. The minimum absolute atomic E-state index is 0.0241. The number of aryl methyl sites for hydroxylation is 1. The van der Waals surface area contributed by atoms with Gasteiger partial charge in [-0.15, -0.1) is 0 Å². The van der Waals surface area contributed by atoms with Crippen LogP contribution >= 0.6 is 0 Å². The number of nitrogens with one attached hydrogen (secondary N) is 1. The number of hydrogen-bond donors (Lipinski definition) is 1. The van der Waals surface area contributed by atoms with Gasteiger partial charge in [0, 0.05) is 17.8 Å². The highest BCUT2D eigenvalue weighted by molar-refractivity contribution is 5.88. The summed E-state index contributed by atoms with van der Waals surface area (Å²) in [4.78, 5) is 21.6. The highest BCUT2D eigenvalue weighted by Crippen LogP contribution is 2.30. The van der Waals surface area contributed by atoms with E-state index in [-0.39, 0.29) is 17.2 Å². The van der Waals surface area contributed by atoms with Gasteiger partial charge in [0.2, 0.25) is 0 Å². The molecule has 0 saturated carbocycles. The molecule has 0 aliphatic carbocycles. The van der Waals surface area contributed by atoms with Gasteiger partial charge >= 0.3 is 0 Å². The maximum absolute atomic E-state index is 13.3. The van der Waals surface area contributed by atoms with Crippen LogP contribution < -0.4 is 15.9 Å². The second kappa shape index (κ2) is 8.58. The number of halogens is 2. The Morgan fingerprint density at radius 2 is 1.84 bits per heavy atom. The number of fused-ring (bicyclic) bond motifs is 1. The van der Waals surface area contributed by atoms with E-state index in [4.69, 9.17) is 4.74 Å². The van der Waals surface area contributed by atoms with E-state index in [2.05, 4.69) is 15.3 Å². The first-order valence-corrected chi connectivity index (χ1v) is 10.2. The molecule has 3 heterocycles. The molecule has 1 saturated heterocycles. The average Bonchev–Trinajstić information content (AvgIpc) is 2.73. The van der Waals surface area contributed by atoms with Crippen LogP contribution in [-0.4, -0.2) is 40.9 Å². The number of ether oxygens (including phenoxy) is 1. The fourth-order valence-electron chi connectivity index (χ4n) is 3.97. The lowest BCUT2D eigenvalue weighted by Gasteiger charge is -2.30. The minimum atomic E-state index is -2.53. The largest absolute Gasteiger partial charge is 0.378 e. The van der Waals surface area contributed by atoms with Gasteiger partial charge in [0.05, 0.1) is 43.2 Å². The number of rotatable bonds is 5. The Hall–Kier alpha value is -3.07. The van der Waals surface area contributed by atoms with E-state index in [1.54, 1.807) is 30.8 Å². The molecule has 9 heteroatoms. The third kappa shape index (κ3) is 4.23. The van der Waals surface area contributed by atoms with Crippen molar-refractivity contribution in [1.29, 1.82) is 0 Å². The number of morpholine rings is 1. The highest BCUT2D eigenvalue weighted by atomic mass is 19.3. The molecule has 1 atom stereocenters. The van der Waals surface area contributed by atoms with Crippen LogP contribution in [0.25, 0.3) is 10.9 Å². The summed E-state index contributed by atoms with van der Waals surface area (Å²) >= 11 is 0. The first-order chi connectivity index (χ1) is 14.8. The van der Waals surface area contributed by atoms with Crippen LogP contribution in [0.5, 0.6) is 0 Å². The van der Waals surface area contributed by atoms with Crippen molar-refractivity contribution in [3.05, 3.63) is 63.3 Å². The summed E-state index contributed by atoms with van der Waals surface area (Å²) in [6, 6.07) is 6.14. The van der Waals surface area contributed by atoms with Crippen LogP contribution in [0.3, 0.4) is 0 Å². The van der Waals surface area contributed by atoms with Gasteiger partial charge in [-0.05, 0) is 31.9 Å². The molecule has 1 aliphatic heterocycles. The molecular weight excluding hydrogens is 404 g/mol. The van der Waals surface area contributed by atoms with Gasteiger partial charge in [0.25, 0.3) is 12.0 Å². The van der Waals surface area contributed by atoms with Crippen LogP contribution in [0.2, 0.25) is 0 Å². The molecule has 164 valence electrons. The van der Waals surface area contributed by atoms with Crippen molar-refractivity contribution in [1.82, 2.24) is 14.6 Å². The summed E-state index contributed by atoms with van der Waals surface area (Å²) in [6.07, 6.45) is -0.794. The third-order valence-corrected chi connectivity index (χ3v) is 5.59. The SMILES string of the molecule is Cc1nc(N[C@@H](C)c2cccc(C(F)F)c2C)c2cn(N3CCOCC3)c(=O)cc2n1.